The van der Waals surface area contributed by atoms with E-state index in [1.54, 1.807) is 0 Å². The smallest absolute Gasteiger partial charge is 0.205 e. The zero-order valence-electron chi connectivity index (χ0n) is 11.0. The van der Waals surface area contributed by atoms with E-state index in [1.165, 1.54) is 51.4 Å². The van der Waals surface area contributed by atoms with Crippen molar-refractivity contribution in [1.29, 1.82) is 0 Å². The van der Waals surface area contributed by atoms with Gasteiger partial charge in [0.2, 0.25) is 5.96 Å². The first-order valence-corrected chi connectivity index (χ1v) is 7.06. The SMILES string of the molecule is CCCC1(CN=C(NN)NC2CCCC2)CC1. The number of aliphatic imine (C=N–C) groups is 1. The average molecular weight is 238 g/mol. The van der Waals surface area contributed by atoms with Gasteiger partial charge in [-0.25, -0.2) is 5.84 Å². The van der Waals surface area contributed by atoms with E-state index >= 15 is 0 Å². The molecule has 0 saturated heterocycles. The van der Waals surface area contributed by atoms with Gasteiger partial charge in [-0.2, -0.15) is 0 Å². The quantitative estimate of drug-likeness (QED) is 0.297. The van der Waals surface area contributed by atoms with Crippen LogP contribution in [0.3, 0.4) is 0 Å². The van der Waals surface area contributed by atoms with Gasteiger partial charge in [0, 0.05) is 12.6 Å². The Morgan fingerprint density at radius 3 is 2.59 bits per heavy atom. The van der Waals surface area contributed by atoms with E-state index in [2.05, 4.69) is 22.7 Å². The highest BCUT2D eigenvalue weighted by molar-refractivity contribution is 5.79. The summed E-state index contributed by atoms with van der Waals surface area (Å²) in [4.78, 5) is 4.63. The number of hydrazine groups is 1. The lowest BCUT2D eigenvalue weighted by molar-refractivity contribution is 0.470. The minimum Gasteiger partial charge on any atom is -0.353 e. The molecule has 0 radical (unpaired) electrons. The first-order chi connectivity index (χ1) is 8.28. The maximum Gasteiger partial charge on any atom is 0.205 e. The van der Waals surface area contributed by atoms with Crippen molar-refractivity contribution < 1.29 is 0 Å². The van der Waals surface area contributed by atoms with Crippen LogP contribution in [0.2, 0.25) is 0 Å². The van der Waals surface area contributed by atoms with E-state index in [9.17, 15) is 0 Å². The van der Waals surface area contributed by atoms with Crippen LogP contribution in [0.15, 0.2) is 4.99 Å². The molecule has 2 saturated carbocycles. The molecule has 4 heteroatoms. The second-order valence-electron chi connectivity index (χ2n) is 5.68. The van der Waals surface area contributed by atoms with Gasteiger partial charge < -0.3 is 5.32 Å². The molecule has 98 valence electrons. The molecule has 2 fully saturated rings. The van der Waals surface area contributed by atoms with Crippen molar-refractivity contribution in [3.8, 4) is 0 Å². The van der Waals surface area contributed by atoms with Crippen LogP contribution >= 0.6 is 0 Å². The molecule has 0 aromatic carbocycles. The van der Waals surface area contributed by atoms with E-state index in [4.69, 9.17) is 5.84 Å². The van der Waals surface area contributed by atoms with Gasteiger partial charge in [0.25, 0.3) is 0 Å². The Balaban J connectivity index is 1.80. The second-order valence-corrected chi connectivity index (χ2v) is 5.68. The molecule has 2 aliphatic rings. The molecule has 0 aromatic heterocycles. The van der Waals surface area contributed by atoms with Crippen molar-refractivity contribution in [2.75, 3.05) is 6.54 Å². The fourth-order valence-electron chi connectivity index (χ4n) is 2.84. The summed E-state index contributed by atoms with van der Waals surface area (Å²) in [6, 6.07) is 0.575. The van der Waals surface area contributed by atoms with Gasteiger partial charge in [0.1, 0.15) is 0 Å². The van der Waals surface area contributed by atoms with Gasteiger partial charge in [-0.1, -0.05) is 26.2 Å². The van der Waals surface area contributed by atoms with Gasteiger partial charge >= 0.3 is 0 Å². The van der Waals surface area contributed by atoms with Crippen LogP contribution in [0.1, 0.15) is 58.3 Å². The van der Waals surface area contributed by atoms with E-state index < -0.39 is 0 Å². The fraction of sp³-hybridized carbons (Fsp3) is 0.923. The first kappa shape index (κ1) is 12.7. The molecule has 4 N–H and O–H groups in total. The number of nitrogens with zero attached hydrogens (tertiary/aromatic N) is 1. The predicted molar refractivity (Wildman–Crippen MR) is 71.6 cm³/mol. The lowest BCUT2D eigenvalue weighted by Crippen LogP contribution is -2.45. The molecular weight excluding hydrogens is 212 g/mol. The maximum atomic E-state index is 5.53. The summed E-state index contributed by atoms with van der Waals surface area (Å²) in [5.41, 5.74) is 3.22. The van der Waals surface area contributed by atoms with Gasteiger partial charge in [0.05, 0.1) is 0 Å². The van der Waals surface area contributed by atoms with Gasteiger partial charge in [-0.15, -0.1) is 0 Å². The molecule has 0 amide bonds. The molecule has 17 heavy (non-hydrogen) atoms. The van der Waals surface area contributed by atoms with Crippen LogP contribution in [0, 0.1) is 5.41 Å². The summed E-state index contributed by atoms with van der Waals surface area (Å²) < 4.78 is 0. The Morgan fingerprint density at radius 2 is 2.06 bits per heavy atom. The van der Waals surface area contributed by atoms with Crippen molar-refractivity contribution >= 4 is 5.96 Å². The summed E-state index contributed by atoms with van der Waals surface area (Å²) in [6.07, 6.45) is 10.4. The van der Waals surface area contributed by atoms with E-state index in [-0.39, 0.29) is 0 Å². The van der Waals surface area contributed by atoms with Crippen LogP contribution in [0.4, 0.5) is 0 Å². The van der Waals surface area contributed by atoms with E-state index in [1.807, 2.05) is 0 Å². The standard InChI is InChI=1S/C13H26N4/c1-2-7-13(8-9-13)10-15-12(17-14)16-11-5-3-4-6-11/h11H,2-10,14H2,1H3,(H2,15,16,17). The zero-order chi connectivity index (χ0) is 12.1. The topological polar surface area (TPSA) is 62.4 Å². The highest BCUT2D eigenvalue weighted by Crippen LogP contribution is 2.49. The van der Waals surface area contributed by atoms with E-state index in [0.717, 1.165) is 12.5 Å². The van der Waals surface area contributed by atoms with Crippen LogP contribution in [-0.2, 0) is 0 Å². The Hall–Kier alpha value is -0.770. The maximum absolute atomic E-state index is 5.53. The van der Waals surface area contributed by atoms with Crippen molar-refractivity contribution in [2.45, 2.75) is 64.3 Å². The fourth-order valence-corrected chi connectivity index (χ4v) is 2.84. The van der Waals surface area contributed by atoms with E-state index in [0.29, 0.717) is 11.5 Å². The zero-order valence-corrected chi connectivity index (χ0v) is 11.0. The Morgan fingerprint density at radius 1 is 1.35 bits per heavy atom. The van der Waals surface area contributed by atoms with Gasteiger partial charge in [-0.05, 0) is 37.5 Å². The third kappa shape index (κ3) is 3.60. The summed E-state index contributed by atoms with van der Waals surface area (Å²) >= 11 is 0. The monoisotopic (exact) mass is 238 g/mol. The summed E-state index contributed by atoms with van der Waals surface area (Å²) in [5.74, 6) is 6.32. The van der Waals surface area contributed by atoms with Gasteiger partial charge in [-0.3, -0.25) is 10.4 Å². The molecule has 0 bridgehead atoms. The van der Waals surface area contributed by atoms with Crippen molar-refractivity contribution in [3.63, 3.8) is 0 Å². The number of hydrogen-bond acceptors (Lipinski definition) is 2. The molecule has 0 aliphatic heterocycles. The molecule has 0 spiro atoms. The summed E-state index contributed by atoms with van der Waals surface area (Å²) in [5, 5.41) is 3.42. The molecular formula is C13H26N4. The van der Waals surface area contributed by atoms with Crippen LogP contribution in [0.25, 0.3) is 0 Å². The third-order valence-corrected chi connectivity index (χ3v) is 4.14. The Bertz CT molecular complexity index is 265. The molecule has 0 atom stereocenters. The average Bonchev–Trinajstić information content (AvgIpc) is 2.91. The molecule has 0 heterocycles. The lowest BCUT2D eigenvalue weighted by Gasteiger charge is -2.17. The van der Waals surface area contributed by atoms with Crippen LogP contribution in [-0.4, -0.2) is 18.5 Å². The second kappa shape index (κ2) is 5.71. The number of nitrogens with two attached hydrogens (primary N) is 1. The van der Waals surface area contributed by atoms with Crippen molar-refractivity contribution in [3.05, 3.63) is 0 Å². The Kier molecular flexibility index (Phi) is 4.26. The van der Waals surface area contributed by atoms with Crippen LogP contribution in [0.5, 0.6) is 0 Å². The summed E-state index contributed by atoms with van der Waals surface area (Å²) in [6.45, 7) is 3.18. The number of nitrogens with one attached hydrogen (secondary N) is 2. The molecule has 0 unspecified atom stereocenters. The highest BCUT2D eigenvalue weighted by atomic mass is 15.3. The summed E-state index contributed by atoms with van der Waals surface area (Å²) in [7, 11) is 0. The first-order valence-electron chi connectivity index (χ1n) is 7.06. The number of guanidine groups is 1. The molecule has 2 rings (SSSR count). The Labute approximate surface area is 104 Å². The predicted octanol–water partition coefficient (Wildman–Crippen LogP) is 1.92. The third-order valence-electron chi connectivity index (χ3n) is 4.14. The van der Waals surface area contributed by atoms with Crippen LogP contribution < -0.4 is 16.6 Å². The van der Waals surface area contributed by atoms with Gasteiger partial charge in [0.15, 0.2) is 0 Å². The highest BCUT2D eigenvalue weighted by Gasteiger charge is 2.41. The normalized spacial score (nSPS) is 23.8. The van der Waals surface area contributed by atoms with Crippen molar-refractivity contribution in [2.24, 2.45) is 16.3 Å². The molecule has 4 nitrogen and oxygen atoms in total. The minimum atomic E-state index is 0.508. The number of hydrogen-bond donors (Lipinski definition) is 3. The minimum absolute atomic E-state index is 0.508. The number of rotatable bonds is 5. The largest absolute Gasteiger partial charge is 0.353 e. The van der Waals surface area contributed by atoms with Crippen molar-refractivity contribution in [1.82, 2.24) is 10.7 Å². The molecule has 0 aromatic rings. The molecule has 2 aliphatic carbocycles. The lowest BCUT2D eigenvalue weighted by atomic mass is 10.0.